The molecule has 0 aromatic heterocycles. The van der Waals surface area contributed by atoms with E-state index >= 15 is 0 Å². The molecule has 1 N–H and O–H groups in total. The number of carbonyl (C=O) groups is 1. The Balaban J connectivity index is 1.46. The van der Waals surface area contributed by atoms with Crippen LogP contribution >= 0.6 is 0 Å². The molecular weight excluding hydrogens is 310 g/mol. The first kappa shape index (κ1) is 16.9. The number of nitrogens with one attached hydrogen (secondary N) is 1. The number of fused-ring (bicyclic) bond motifs is 1. The second-order valence-corrected chi connectivity index (χ2v) is 6.26. The summed E-state index contributed by atoms with van der Waals surface area (Å²) >= 11 is 0. The van der Waals surface area contributed by atoms with Crippen LogP contribution < -0.4 is 14.8 Å². The van der Waals surface area contributed by atoms with Crippen molar-refractivity contribution in [3.63, 3.8) is 0 Å². The van der Waals surface area contributed by atoms with Gasteiger partial charge in [0.1, 0.15) is 0 Å². The van der Waals surface area contributed by atoms with E-state index in [-0.39, 0.29) is 12.1 Å². The summed E-state index contributed by atoms with van der Waals surface area (Å²) in [6.45, 7) is 6.81. The predicted molar refractivity (Wildman–Crippen MR) is 89.3 cm³/mol. The Labute approximate surface area is 142 Å². The van der Waals surface area contributed by atoms with Crippen molar-refractivity contribution in [3.8, 4) is 11.5 Å². The summed E-state index contributed by atoms with van der Waals surface area (Å²) < 4.78 is 15.8. The zero-order valence-electron chi connectivity index (χ0n) is 14.3. The van der Waals surface area contributed by atoms with Crippen molar-refractivity contribution in [2.24, 2.45) is 0 Å². The van der Waals surface area contributed by atoms with E-state index in [1.165, 1.54) is 5.56 Å². The lowest BCUT2D eigenvalue weighted by molar-refractivity contribution is 0.126. The first-order valence-electron chi connectivity index (χ1n) is 8.31. The summed E-state index contributed by atoms with van der Waals surface area (Å²) in [5.74, 6) is 1.63. The number of rotatable bonds is 5. The van der Waals surface area contributed by atoms with Crippen molar-refractivity contribution >= 4 is 6.03 Å². The average molecular weight is 335 g/mol. The summed E-state index contributed by atoms with van der Waals surface area (Å²) in [7, 11) is 1.64. The fraction of sp³-hybridized carbons (Fsp3) is 0.588. The third-order valence-corrected chi connectivity index (χ3v) is 4.29. The van der Waals surface area contributed by atoms with E-state index in [2.05, 4.69) is 16.3 Å². The topological polar surface area (TPSA) is 63.3 Å². The smallest absolute Gasteiger partial charge is 0.317 e. The van der Waals surface area contributed by atoms with E-state index in [9.17, 15) is 4.79 Å². The molecule has 1 unspecified atom stereocenters. The molecule has 7 nitrogen and oxygen atoms in total. The first-order valence-corrected chi connectivity index (χ1v) is 8.31. The van der Waals surface area contributed by atoms with Crippen LogP contribution in [0.4, 0.5) is 4.79 Å². The van der Waals surface area contributed by atoms with Gasteiger partial charge in [0.25, 0.3) is 0 Å². The van der Waals surface area contributed by atoms with Crippen LogP contribution in [0.1, 0.15) is 12.5 Å². The molecule has 1 aromatic rings. The highest BCUT2D eigenvalue weighted by Crippen LogP contribution is 2.32. The van der Waals surface area contributed by atoms with Crippen molar-refractivity contribution in [1.29, 1.82) is 0 Å². The van der Waals surface area contributed by atoms with Crippen molar-refractivity contribution in [3.05, 3.63) is 23.8 Å². The van der Waals surface area contributed by atoms with Crippen LogP contribution in [0.5, 0.6) is 11.5 Å². The maximum Gasteiger partial charge on any atom is 0.317 e. The molecule has 2 aliphatic rings. The Kier molecular flexibility index (Phi) is 5.42. The largest absolute Gasteiger partial charge is 0.454 e. The molecule has 0 bridgehead atoms. The molecule has 0 aliphatic carbocycles. The zero-order valence-corrected chi connectivity index (χ0v) is 14.3. The molecule has 0 radical (unpaired) electrons. The van der Waals surface area contributed by atoms with Gasteiger partial charge in [0.2, 0.25) is 6.79 Å². The molecule has 1 atom stereocenters. The number of nitrogens with zero attached hydrogens (tertiary/aromatic N) is 2. The van der Waals surface area contributed by atoms with Gasteiger partial charge in [0, 0.05) is 39.8 Å². The molecular formula is C17H25N3O4. The normalized spacial score (nSPS) is 18.5. The highest BCUT2D eigenvalue weighted by molar-refractivity contribution is 5.74. The van der Waals surface area contributed by atoms with Crippen LogP contribution in [-0.2, 0) is 11.3 Å². The second-order valence-electron chi connectivity index (χ2n) is 6.26. The number of piperazine rings is 1. The van der Waals surface area contributed by atoms with Gasteiger partial charge in [0.15, 0.2) is 11.5 Å². The lowest BCUT2D eigenvalue weighted by Crippen LogP contribution is -2.53. The van der Waals surface area contributed by atoms with Crippen molar-refractivity contribution < 1.29 is 19.0 Å². The highest BCUT2D eigenvalue weighted by atomic mass is 16.7. The standard InChI is InChI=1S/C17H25N3O4/c1-13(11-22-2)18-17(21)20-7-5-19(6-8-20)10-14-3-4-15-16(9-14)24-12-23-15/h3-4,9,13H,5-8,10-12H2,1-2H3,(H,18,21). The number of carbonyl (C=O) groups excluding carboxylic acids is 1. The number of hydrogen-bond donors (Lipinski definition) is 1. The first-order chi connectivity index (χ1) is 11.7. The minimum atomic E-state index is -0.0118. The van der Waals surface area contributed by atoms with Crippen LogP contribution in [0.2, 0.25) is 0 Å². The number of ether oxygens (including phenoxy) is 3. The van der Waals surface area contributed by atoms with Gasteiger partial charge in [-0.3, -0.25) is 4.90 Å². The summed E-state index contributed by atoms with van der Waals surface area (Å²) in [4.78, 5) is 16.4. The second kappa shape index (κ2) is 7.72. The predicted octanol–water partition coefficient (Wildman–Crippen LogP) is 1.28. The van der Waals surface area contributed by atoms with Crippen molar-refractivity contribution in [2.75, 3.05) is 46.7 Å². The molecule has 0 saturated carbocycles. The maximum atomic E-state index is 12.2. The van der Waals surface area contributed by atoms with Gasteiger partial charge in [-0.1, -0.05) is 6.07 Å². The molecule has 2 heterocycles. The molecule has 0 spiro atoms. The maximum absolute atomic E-state index is 12.2. The van der Waals surface area contributed by atoms with E-state index in [4.69, 9.17) is 14.2 Å². The zero-order chi connectivity index (χ0) is 16.9. The van der Waals surface area contributed by atoms with Gasteiger partial charge >= 0.3 is 6.03 Å². The molecule has 1 fully saturated rings. The fourth-order valence-corrected chi connectivity index (χ4v) is 3.00. The van der Waals surface area contributed by atoms with Gasteiger partial charge in [-0.2, -0.15) is 0 Å². The third kappa shape index (κ3) is 4.10. The number of hydrogen-bond acceptors (Lipinski definition) is 5. The highest BCUT2D eigenvalue weighted by Gasteiger charge is 2.22. The van der Waals surface area contributed by atoms with E-state index in [1.54, 1.807) is 7.11 Å². The monoisotopic (exact) mass is 335 g/mol. The van der Waals surface area contributed by atoms with Gasteiger partial charge in [-0.05, 0) is 24.6 Å². The Morgan fingerprint density at radius 2 is 2.00 bits per heavy atom. The molecule has 132 valence electrons. The number of benzene rings is 1. The molecule has 2 amide bonds. The number of methoxy groups -OCH3 is 1. The SMILES string of the molecule is COCC(C)NC(=O)N1CCN(Cc2ccc3c(c2)OCO3)CC1. The van der Waals surface area contributed by atoms with Gasteiger partial charge in [0.05, 0.1) is 12.6 Å². The van der Waals surface area contributed by atoms with Crippen LogP contribution in [0, 0.1) is 0 Å². The summed E-state index contributed by atoms with van der Waals surface area (Å²) in [5, 5.41) is 2.96. The quantitative estimate of drug-likeness (QED) is 0.878. The third-order valence-electron chi connectivity index (χ3n) is 4.29. The Morgan fingerprint density at radius 1 is 1.25 bits per heavy atom. The fourth-order valence-electron chi connectivity index (χ4n) is 3.00. The average Bonchev–Trinajstić information content (AvgIpc) is 3.03. The Bertz CT molecular complexity index is 573. The van der Waals surface area contributed by atoms with E-state index in [1.807, 2.05) is 24.0 Å². The Morgan fingerprint density at radius 3 is 2.75 bits per heavy atom. The van der Waals surface area contributed by atoms with Crippen molar-refractivity contribution in [1.82, 2.24) is 15.1 Å². The van der Waals surface area contributed by atoms with Crippen LogP contribution in [0.3, 0.4) is 0 Å². The molecule has 24 heavy (non-hydrogen) atoms. The molecule has 1 aromatic carbocycles. The van der Waals surface area contributed by atoms with E-state index in [0.717, 1.165) is 44.2 Å². The summed E-state index contributed by atoms with van der Waals surface area (Å²) in [6, 6.07) is 6.07. The molecule has 1 saturated heterocycles. The van der Waals surface area contributed by atoms with E-state index < -0.39 is 0 Å². The minimum Gasteiger partial charge on any atom is -0.454 e. The minimum absolute atomic E-state index is 0.0118. The van der Waals surface area contributed by atoms with Gasteiger partial charge in [-0.25, -0.2) is 4.79 Å². The lowest BCUT2D eigenvalue weighted by atomic mass is 10.1. The van der Waals surface area contributed by atoms with Crippen LogP contribution in [-0.4, -0.2) is 68.6 Å². The summed E-state index contributed by atoms with van der Waals surface area (Å²) in [6.07, 6.45) is 0. The van der Waals surface area contributed by atoms with Crippen LogP contribution in [0.15, 0.2) is 18.2 Å². The summed E-state index contributed by atoms with van der Waals surface area (Å²) in [5.41, 5.74) is 1.20. The van der Waals surface area contributed by atoms with Crippen molar-refractivity contribution in [2.45, 2.75) is 19.5 Å². The number of amides is 2. The number of urea groups is 1. The van der Waals surface area contributed by atoms with E-state index in [0.29, 0.717) is 13.4 Å². The molecule has 3 rings (SSSR count). The Hall–Kier alpha value is -1.99. The molecule has 2 aliphatic heterocycles. The van der Waals surface area contributed by atoms with Crippen LogP contribution in [0.25, 0.3) is 0 Å². The molecule has 7 heteroatoms. The van der Waals surface area contributed by atoms with Gasteiger partial charge in [-0.15, -0.1) is 0 Å². The van der Waals surface area contributed by atoms with Gasteiger partial charge < -0.3 is 24.4 Å². The lowest BCUT2D eigenvalue weighted by Gasteiger charge is -2.35.